The first-order valence-corrected chi connectivity index (χ1v) is 6.46. The number of nitrogens with one attached hydrogen (secondary N) is 1. The molecule has 104 valence electrons. The molecule has 0 radical (unpaired) electrons. The lowest BCUT2D eigenvalue weighted by Crippen LogP contribution is -2.31. The van der Waals surface area contributed by atoms with E-state index in [-0.39, 0.29) is 25.7 Å². The first-order chi connectivity index (χ1) is 9.81. The third-order valence-electron chi connectivity index (χ3n) is 2.76. The van der Waals surface area contributed by atoms with Gasteiger partial charge in [0.2, 0.25) is 0 Å². The van der Waals surface area contributed by atoms with Gasteiger partial charge in [-0.15, -0.1) is 0 Å². The minimum absolute atomic E-state index is 0.0656. The van der Waals surface area contributed by atoms with Crippen LogP contribution in [-0.2, 0) is 4.79 Å². The molecule has 0 bridgehead atoms. The SMILES string of the molecule is O=C(COc1ccccc1-c1ccccc1)NCCO. The van der Waals surface area contributed by atoms with Crippen LogP contribution in [0.25, 0.3) is 11.1 Å². The molecule has 2 N–H and O–H groups in total. The van der Waals surface area contributed by atoms with E-state index in [9.17, 15) is 4.79 Å². The molecule has 4 nitrogen and oxygen atoms in total. The van der Waals surface area contributed by atoms with E-state index in [0.29, 0.717) is 5.75 Å². The molecule has 20 heavy (non-hydrogen) atoms. The summed E-state index contributed by atoms with van der Waals surface area (Å²) in [4.78, 5) is 11.5. The van der Waals surface area contributed by atoms with Crippen LogP contribution < -0.4 is 10.1 Å². The number of para-hydroxylation sites is 1. The van der Waals surface area contributed by atoms with Crippen molar-refractivity contribution in [2.45, 2.75) is 0 Å². The maximum atomic E-state index is 11.5. The Balaban J connectivity index is 2.07. The maximum Gasteiger partial charge on any atom is 0.258 e. The summed E-state index contributed by atoms with van der Waals surface area (Å²) >= 11 is 0. The van der Waals surface area contributed by atoms with Crippen molar-refractivity contribution < 1.29 is 14.6 Å². The number of benzene rings is 2. The topological polar surface area (TPSA) is 58.6 Å². The highest BCUT2D eigenvalue weighted by molar-refractivity contribution is 5.78. The quantitative estimate of drug-likeness (QED) is 0.843. The zero-order chi connectivity index (χ0) is 14.2. The molecule has 2 aromatic rings. The average Bonchev–Trinajstić information content (AvgIpc) is 2.52. The van der Waals surface area contributed by atoms with Crippen molar-refractivity contribution in [3.05, 3.63) is 54.6 Å². The minimum atomic E-state index is -0.248. The molecule has 0 unspecified atom stereocenters. The van der Waals surface area contributed by atoms with Crippen molar-refractivity contribution in [1.82, 2.24) is 5.32 Å². The van der Waals surface area contributed by atoms with Crippen molar-refractivity contribution in [2.75, 3.05) is 19.8 Å². The number of hydrogen-bond donors (Lipinski definition) is 2. The summed E-state index contributed by atoms with van der Waals surface area (Å²) in [5, 5.41) is 11.2. The lowest BCUT2D eigenvalue weighted by molar-refractivity contribution is -0.123. The molecule has 1 amide bonds. The number of amides is 1. The van der Waals surface area contributed by atoms with Crippen LogP contribution in [0.2, 0.25) is 0 Å². The third-order valence-corrected chi connectivity index (χ3v) is 2.76. The van der Waals surface area contributed by atoms with Gasteiger partial charge in [-0.2, -0.15) is 0 Å². The van der Waals surface area contributed by atoms with Crippen molar-refractivity contribution in [2.24, 2.45) is 0 Å². The van der Waals surface area contributed by atoms with Gasteiger partial charge in [-0.1, -0.05) is 48.5 Å². The highest BCUT2D eigenvalue weighted by Crippen LogP contribution is 2.29. The van der Waals surface area contributed by atoms with Gasteiger partial charge >= 0.3 is 0 Å². The molecule has 0 aliphatic carbocycles. The Kier molecular flexibility index (Phi) is 5.15. The molecular weight excluding hydrogens is 254 g/mol. The molecule has 0 saturated heterocycles. The van der Waals surface area contributed by atoms with Gasteiger partial charge in [0.25, 0.3) is 5.91 Å². The predicted molar refractivity (Wildman–Crippen MR) is 77.5 cm³/mol. The van der Waals surface area contributed by atoms with Crippen LogP contribution in [0.3, 0.4) is 0 Å². The van der Waals surface area contributed by atoms with E-state index in [0.717, 1.165) is 11.1 Å². The second kappa shape index (κ2) is 7.31. The molecule has 0 saturated carbocycles. The molecule has 4 heteroatoms. The first kappa shape index (κ1) is 14.1. The zero-order valence-corrected chi connectivity index (χ0v) is 11.1. The largest absolute Gasteiger partial charge is 0.483 e. The molecule has 0 heterocycles. The fourth-order valence-corrected chi connectivity index (χ4v) is 1.84. The standard InChI is InChI=1S/C16H17NO3/c18-11-10-17-16(19)12-20-15-9-5-4-8-14(15)13-6-2-1-3-7-13/h1-9,18H,10-12H2,(H,17,19). The van der Waals surface area contributed by atoms with Crippen LogP contribution in [0, 0.1) is 0 Å². The van der Waals surface area contributed by atoms with Gasteiger partial charge in [0.15, 0.2) is 6.61 Å². The highest BCUT2D eigenvalue weighted by atomic mass is 16.5. The summed E-state index contributed by atoms with van der Waals surface area (Å²) in [5.41, 5.74) is 1.99. The van der Waals surface area contributed by atoms with E-state index in [1.165, 1.54) is 0 Å². The van der Waals surface area contributed by atoms with Crippen LogP contribution in [0.15, 0.2) is 54.6 Å². The van der Waals surface area contributed by atoms with Crippen molar-refractivity contribution in [3.8, 4) is 16.9 Å². The molecule has 0 aromatic heterocycles. The molecule has 2 rings (SSSR count). The fourth-order valence-electron chi connectivity index (χ4n) is 1.84. The summed E-state index contributed by atoms with van der Waals surface area (Å²) in [6, 6.07) is 17.4. The molecule has 0 atom stereocenters. The van der Waals surface area contributed by atoms with Gasteiger partial charge in [-0.3, -0.25) is 4.79 Å². The molecule has 0 aliphatic heterocycles. The molecule has 2 aromatic carbocycles. The minimum Gasteiger partial charge on any atom is -0.483 e. The van der Waals surface area contributed by atoms with Gasteiger partial charge < -0.3 is 15.2 Å². The number of carbonyl (C=O) groups is 1. The lowest BCUT2D eigenvalue weighted by Gasteiger charge is -2.11. The van der Waals surface area contributed by atoms with Gasteiger partial charge in [0.05, 0.1) is 6.61 Å². The monoisotopic (exact) mass is 271 g/mol. The number of hydrogen-bond acceptors (Lipinski definition) is 3. The Morgan fingerprint density at radius 2 is 1.75 bits per heavy atom. The second-order valence-corrected chi connectivity index (χ2v) is 4.22. The summed E-state index contributed by atoms with van der Waals surface area (Å²) < 4.78 is 5.56. The van der Waals surface area contributed by atoms with E-state index in [1.807, 2.05) is 54.6 Å². The van der Waals surface area contributed by atoms with Crippen molar-refractivity contribution in [3.63, 3.8) is 0 Å². The molecule has 0 spiro atoms. The van der Waals surface area contributed by atoms with Gasteiger partial charge in [0, 0.05) is 12.1 Å². The van der Waals surface area contributed by atoms with Gasteiger partial charge in [0.1, 0.15) is 5.75 Å². The molecule has 0 aliphatic rings. The number of rotatable bonds is 6. The van der Waals surface area contributed by atoms with E-state index in [4.69, 9.17) is 9.84 Å². The summed E-state index contributed by atoms with van der Waals surface area (Å²) in [6.45, 7) is 0.0959. The average molecular weight is 271 g/mol. The van der Waals surface area contributed by atoms with Gasteiger partial charge in [-0.25, -0.2) is 0 Å². The predicted octanol–water partition coefficient (Wildman–Crippen LogP) is 1.84. The Morgan fingerprint density at radius 1 is 1.05 bits per heavy atom. The normalized spacial score (nSPS) is 10.1. The number of aliphatic hydroxyl groups is 1. The summed E-state index contributed by atoms with van der Waals surface area (Å²) in [7, 11) is 0. The number of carbonyl (C=O) groups excluding carboxylic acids is 1. The van der Waals surface area contributed by atoms with E-state index < -0.39 is 0 Å². The zero-order valence-electron chi connectivity index (χ0n) is 11.1. The molecular formula is C16H17NO3. The van der Waals surface area contributed by atoms with E-state index in [1.54, 1.807) is 0 Å². The lowest BCUT2D eigenvalue weighted by atomic mass is 10.1. The second-order valence-electron chi connectivity index (χ2n) is 4.22. The Labute approximate surface area is 118 Å². The number of aliphatic hydroxyl groups excluding tert-OH is 1. The summed E-state index contributed by atoms with van der Waals surface area (Å²) in [6.07, 6.45) is 0. The first-order valence-electron chi connectivity index (χ1n) is 6.46. The van der Waals surface area contributed by atoms with E-state index >= 15 is 0 Å². The Morgan fingerprint density at radius 3 is 2.50 bits per heavy atom. The number of ether oxygens (including phenoxy) is 1. The molecule has 0 fully saturated rings. The van der Waals surface area contributed by atoms with Crippen LogP contribution in [0.1, 0.15) is 0 Å². The van der Waals surface area contributed by atoms with Crippen molar-refractivity contribution in [1.29, 1.82) is 0 Å². The van der Waals surface area contributed by atoms with Crippen LogP contribution in [0.5, 0.6) is 5.75 Å². The van der Waals surface area contributed by atoms with Crippen LogP contribution in [-0.4, -0.2) is 30.8 Å². The van der Waals surface area contributed by atoms with Crippen LogP contribution in [0.4, 0.5) is 0 Å². The fraction of sp³-hybridized carbons (Fsp3) is 0.188. The van der Waals surface area contributed by atoms with Crippen LogP contribution >= 0.6 is 0 Å². The Hall–Kier alpha value is -2.33. The smallest absolute Gasteiger partial charge is 0.258 e. The third kappa shape index (κ3) is 3.83. The highest BCUT2D eigenvalue weighted by Gasteiger charge is 2.07. The van der Waals surface area contributed by atoms with E-state index in [2.05, 4.69) is 5.32 Å². The summed E-state index contributed by atoms with van der Waals surface area (Å²) in [5.74, 6) is 0.416. The Bertz CT molecular complexity index is 555. The van der Waals surface area contributed by atoms with Crippen molar-refractivity contribution >= 4 is 5.91 Å². The van der Waals surface area contributed by atoms with Gasteiger partial charge in [-0.05, 0) is 11.6 Å². The maximum absolute atomic E-state index is 11.5.